The van der Waals surface area contributed by atoms with Gasteiger partial charge in [-0.05, 0) is 19.4 Å². The zero-order valence-corrected chi connectivity index (χ0v) is 11.7. The molecule has 3 rings (SSSR count). The van der Waals surface area contributed by atoms with E-state index < -0.39 is 0 Å². The highest BCUT2D eigenvalue weighted by Crippen LogP contribution is 2.40. The maximum atomic E-state index is 9.77. The third kappa shape index (κ3) is 1.97. The van der Waals surface area contributed by atoms with Crippen LogP contribution in [0.25, 0.3) is 11.0 Å². The van der Waals surface area contributed by atoms with Gasteiger partial charge >= 0.3 is 0 Å². The molecule has 102 valence electrons. The van der Waals surface area contributed by atoms with E-state index in [-0.39, 0.29) is 11.5 Å². The number of rotatable bonds is 3. The smallest absolute Gasteiger partial charge is 0.134 e. The monoisotopic (exact) mass is 259 g/mol. The molecule has 1 fully saturated rings. The number of fused-ring (bicyclic) bond motifs is 1. The molecule has 1 saturated carbocycles. The van der Waals surface area contributed by atoms with Crippen LogP contribution in [0.15, 0.2) is 28.7 Å². The maximum absolute atomic E-state index is 9.77. The summed E-state index contributed by atoms with van der Waals surface area (Å²) in [6.07, 6.45) is 0.647. The fourth-order valence-corrected chi connectivity index (χ4v) is 2.91. The second-order valence-electron chi connectivity index (χ2n) is 6.14. The molecular weight excluding hydrogens is 238 g/mol. The quantitative estimate of drug-likeness (QED) is 0.890. The van der Waals surface area contributed by atoms with Crippen molar-refractivity contribution in [2.24, 2.45) is 5.41 Å². The van der Waals surface area contributed by atoms with Gasteiger partial charge in [-0.1, -0.05) is 32.0 Å². The van der Waals surface area contributed by atoms with Crippen LogP contribution < -0.4 is 5.32 Å². The molecule has 19 heavy (non-hydrogen) atoms. The van der Waals surface area contributed by atoms with Crippen LogP contribution in [-0.4, -0.2) is 17.3 Å². The van der Waals surface area contributed by atoms with Crippen LogP contribution in [0.2, 0.25) is 0 Å². The fraction of sp³-hybridized carbons (Fsp3) is 0.500. The van der Waals surface area contributed by atoms with Crippen molar-refractivity contribution in [1.29, 1.82) is 0 Å². The molecule has 0 bridgehead atoms. The third-order valence-electron chi connectivity index (χ3n) is 4.64. The molecule has 0 saturated heterocycles. The Hall–Kier alpha value is -1.32. The topological polar surface area (TPSA) is 45.4 Å². The molecule has 2 N–H and O–H groups in total. The minimum atomic E-state index is -0.188. The molecule has 0 aliphatic heterocycles. The van der Waals surface area contributed by atoms with Crippen molar-refractivity contribution in [3.05, 3.63) is 35.6 Å². The van der Waals surface area contributed by atoms with Gasteiger partial charge in [-0.15, -0.1) is 0 Å². The van der Waals surface area contributed by atoms with Crippen LogP contribution in [0.5, 0.6) is 0 Å². The zero-order chi connectivity index (χ0) is 13.6. The Morgan fingerprint density at radius 1 is 1.37 bits per heavy atom. The number of aliphatic hydroxyl groups excluding tert-OH is 1. The highest BCUT2D eigenvalue weighted by Gasteiger charge is 2.46. The normalized spacial score (nSPS) is 25.5. The Balaban J connectivity index is 1.78. The lowest BCUT2D eigenvalue weighted by molar-refractivity contribution is -0.0729. The molecule has 1 aliphatic rings. The van der Waals surface area contributed by atoms with Crippen molar-refractivity contribution >= 4 is 11.0 Å². The highest BCUT2D eigenvalue weighted by molar-refractivity contribution is 5.82. The summed E-state index contributed by atoms with van der Waals surface area (Å²) in [5, 5.41) is 14.5. The number of aryl methyl sites for hydroxylation is 1. The van der Waals surface area contributed by atoms with Crippen LogP contribution >= 0.6 is 0 Å². The minimum absolute atomic E-state index is 0.0343. The Morgan fingerprint density at radius 2 is 2.11 bits per heavy atom. The number of furan rings is 1. The first-order valence-electron chi connectivity index (χ1n) is 6.88. The predicted molar refractivity (Wildman–Crippen MR) is 76.0 cm³/mol. The summed E-state index contributed by atoms with van der Waals surface area (Å²) in [6.45, 7) is 7.03. The van der Waals surface area contributed by atoms with Gasteiger partial charge in [0.25, 0.3) is 0 Å². The molecule has 2 atom stereocenters. The number of para-hydroxylation sites is 1. The van der Waals surface area contributed by atoms with Gasteiger partial charge in [0.15, 0.2) is 0 Å². The number of aliphatic hydroxyl groups is 1. The van der Waals surface area contributed by atoms with Crippen molar-refractivity contribution in [3.63, 3.8) is 0 Å². The molecule has 0 spiro atoms. The van der Waals surface area contributed by atoms with E-state index >= 15 is 0 Å². The van der Waals surface area contributed by atoms with Crippen molar-refractivity contribution < 1.29 is 9.52 Å². The Kier molecular flexibility index (Phi) is 2.91. The Bertz CT molecular complexity index is 600. The fourth-order valence-electron chi connectivity index (χ4n) is 2.91. The van der Waals surface area contributed by atoms with Crippen molar-refractivity contribution in [2.45, 2.75) is 45.9 Å². The van der Waals surface area contributed by atoms with Gasteiger partial charge in [-0.25, -0.2) is 0 Å². The molecular formula is C16H21NO2. The summed E-state index contributed by atoms with van der Waals surface area (Å²) < 4.78 is 5.77. The van der Waals surface area contributed by atoms with Gasteiger partial charge in [-0.3, -0.25) is 0 Å². The number of hydrogen-bond acceptors (Lipinski definition) is 3. The molecule has 0 radical (unpaired) electrons. The van der Waals surface area contributed by atoms with Gasteiger partial charge in [0, 0.05) is 29.0 Å². The van der Waals surface area contributed by atoms with E-state index in [1.165, 1.54) is 10.9 Å². The van der Waals surface area contributed by atoms with Crippen LogP contribution in [0, 0.1) is 12.3 Å². The van der Waals surface area contributed by atoms with Gasteiger partial charge in [0.05, 0.1) is 6.10 Å². The first-order valence-corrected chi connectivity index (χ1v) is 6.88. The van der Waals surface area contributed by atoms with Crippen LogP contribution in [0.4, 0.5) is 0 Å². The van der Waals surface area contributed by atoms with E-state index in [9.17, 15) is 5.11 Å². The standard InChI is InChI=1S/C16H21NO2/c1-10-12(11-6-4-5-7-13(11)19-10)9-17-14-8-15(18)16(14,2)3/h4-7,14-15,17-18H,8-9H2,1-3H3. The minimum Gasteiger partial charge on any atom is -0.461 e. The van der Waals surface area contributed by atoms with E-state index in [2.05, 4.69) is 25.2 Å². The van der Waals surface area contributed by atoms with Crippen LogP contribution in [0.3, 0.4) is 0 Å². The van der Waals surface area contributed by atoms with Gasteiger partial charge < -0.3 is 14.8 Å². The number of nitrogens with one attached hydrogen (secondary N) is 1. The van der Waals surface area contributed by atoms with E-state index in [1.54, 1.807) is 0 Å². The molecule has 1 heterocycles. The lowest BCUT2D eigenvalue weighted by Gasteiger charge is -2.49. The van der Waals surface area contributed by atoms with Gasteiger partial charge in [-0.2, -0.15) is 0 Å². The van der Waals surface area contributed by atoms with Crippen molar-refractivity contribution in [3.8, 4) is 0 Å². The second-order valence-corrected chi connectivity index (χ2v) is 6.14. The van der Waals surface area contributed by atoms with Gasteiger partial charge in [0.2, 0.25) is 0 Å². The third-order valence-corrected chi connectivity index (χ3v) is 4.64. The summed E-state index contributed by atoms with van der Waals surface area (Å²) in [4.78, 5) is 0. The second kappa shape index (κ2) is 4.36. The first-order chi connectivity index (χ1) is 9.00. The molecule has 0 amide bonds. The lowest BCUT2D eigenvalue weighted by atomic mass is 9.64. The lowest BCUT2D eigenvalue weighted by Crippen LogP contribution is -2.59. The summed E-state index contributed by atoms with van der Waals surface area (Å²) in [7, 11) is 0. The number of benzene rings is 1. The molecule has 1 aliphatic carbocycles. The van der Waals surface area contributed by atoms with Crippen molar-refractivity contribution in [1.82, 2.24) is 5.32 Å². The summed E-state index contributed by atoms with van der Waals surface area (Å²) in [6, 6.07) is 8.51. The Morgan fingerprint density at radius 3 is 2.79 bits per heavy atom. The van der Waals surface area contributed by atoms with E-state index in [0.717, 1.165) is 24.3 Å². The highest BCUT2D eigenvalue weighted by atomic mass is 16.3. The van der Waals surface area contributed by atoms with Crippen LogP contribution in [-0.2, 0) is 6.54 Å². The van der Waals surface area contributed by atoms with Crippen LogP contribution in [0.1, 0.15) is 31.6 Å². The predicted octanol–water partition coefficient (Wildman–Crippen LogP) is 2.99. The Labute approximate surface area is 113 Å². The molecule has 1 aromatic heterocycles. The first kappa shape index (κ1) is 12.7. The average molecular weight is 259 g/mol. The molecule has 2 unspecified atom stereocenters. The molecule has 2 aromatic rings. The molecule has 3 heteroatoms. The van der Waals surface area contributed by atoms with Crippen molar-refractivity contribution in [2.75, 3.05) is 0 Å². The SMILES string of the molecule is Cc1oc2ccccc2c1CNC1CC(O)C1(C)C. The average Bonchev–Trinajstić information content (AvgIpc) is 2.70. The van der Waals surface area contributed by atoms with E-state index in [4.69, 9.17) is 4.42 Å². The molecule has 1 aromatic carbocycles. The van der Waals surface area contributed by atoms with E-state index in [1.807, 2.05) is 25.1 Å². The van der Waals surface area contributed by atoms with Gasteiger partial charge in [0.1, 0.15) is 11.3 Å². The summed E-state index contributed by atoms with van der Waals surface area (Å²) in [5.74, 6) is 0.978. The summed E-state index contributed by atoms with van der Waals surface area (Å²) in [5.41, 5.74) is 2.14. The zero-order valence-electron chi connectivity index (χ0n) is 11.7. The summed E-state index contributed by atoms with van der Waals surface area (Å²) >= 11 is 0. The van der Waals surface area contributed by atoms with E-state index in [0.29, 0.717) is 6.04 Å². The maximum Gasteiger partial charge on any atom is 0.134 e. The number of hydrogen-bond donors (Lipinski definition) is 2. The largest absolute Gasteiger partial charge is 0.461 e. The molecule has 3 nitrogen and oxygen atoms in total.